The summed E-state index contributed by atoms with van der Waals surface area (Å²) in [6.45, 7) is 6.97. The molecule has 3 aliphatic heterocycles. The lowest BCUT2D eigenvalue weighted by molar-refractivity contribution is 0.0606. The van der Waals surface area contributed by atoms with Crippen LogP contribution in [0.1, 0.15) is 30.6 Å². The second-order valence-electron chi connectivity index (χ2n) is 10.2. The van der Waals surface area contributed by atoms with Gasteiger partial charge in [0.2, 0.25) is 0 Å². The number of phenolic OH excluding ortho intramolecular Hbond substituents is 1. The summed E-state index contributed by atoms with van der Waals surface area (Å²) in [6, 6.07) is 4.11. The fraction of sp³-hybridized carbons (Fsp3) is 0.520. The van der Waals surface area contributed by atoms with E-state index in [0.29, 0.717) is 37.6 Å². The van der Waals surface area contributed by atoms with Gasteiger partial charge in [-0.2, -0.15) is 0 Å². The Morgan fingerprint density at radius 2 is 2.06 bits per heavy atom. The number of hydrogen-bond acceptors (Lipinski definition) is 7. The SMILES string of the molecule is CN(C)C1CCN(c2nc(-c3c(O)cccc3F)c(Cl)c3c2C(=O)N2CCNC[C@@H]2CO3)C1(C)C. The van der Waals surface area contributed by atoms with Crippen molar-refractivity contribution in [2.24, 2.45) is 0 Å². The zero-order valence-electron chi connectivity index (χ0n) is 20.4. The van der Waals surface area contributed by atoms with Gasteiger partial charge >= 0.3 is 0 Å². The van der Waals surface area contributed by atoms with Crippen molar-refractivity contribution in [3.05, 3.63) is 34.6 Å². The third-order valence-corrected chi connectivity index (χ3v) is 7.92. The van der Waals surface area contributed by atoms with Crippen molar-refractivity contribution in [1.29, 1.82) is 0 Å². The summed E-state index contributed by atoms with van der Waals surface area (Å²) in [6.07, 6.45) is 0.866. The number of ether oxygens (including phenoxy) is 1. The van der Waals surface area contributed by atoms with Gasteiger partial charge in [-0.3, -0.25) is 4.79 Å². The molecule has 2 aromatic rings. The predicted octanol–water partition coefficient (Wildman–Crippen LogP) is 2.97. The molecule has 0 aliphatic carbocycles. The van der Waals surface area contributed by atoms with E-state index >= 15 is 0 Å². The summed E-state index contributed by atoms with van der Waals surface area (Å²) in [5.41, 5.74) is -0.137. The van der Waals surface area contributed by atoms with Crippen molar-refractivity contribution in [1.82, 2.24) is 20.1 Å². The van der Waals surface area contributed by atoms with Crippen LogP contribution in [-0.2, 0) is 0 Å². The quantitative estimate of drug-likeness (QED) is 0.666. The molecule has 188 valence electrons. The molecular weight excluding hydrogens is 473 g/mol. The van der Waals surface area contributed by atoms with Gasteiger partial charge in [-0.15, -0.1) is 0 Å². The van der Waals surface area contributed by atoms with Crippen LogP contribution in [-0.4, -0.2) is 90.3 Å². The first-order chi connectivity index (χ1) is 16.6. The van der Waals surface area contributed by atoms with E-state index in [1.165, 1.54) is 18.2 Å². The van der Waals surface area contributed by atoms with E-state index in [-0.39, 0.29) is 57.9 Å². The van der Waals surface area contributed by atoms with Crippen molar-refractivity contribution >= 4 is 23.3 Å². The number of nitrogens with one attached hydrogen (secondary N) is 1. The highest BCUT2D eigenvalue weighted by atomic mass is 35.5. The summed E-state index contributed by atoms with van der Waals surface area (Å²) in [5.74, 6) is -0.530. The van der Waals surface area contributed by atoms with Crippen LogP contribution in [0.5, 0.6) is 11.5 Å². The minimum Gasteiger partial charge on any atom is -0.507 e. The van der Waals surface area contributed by atoms with Gasteiger partial charge in [0.15, 0.2) is 5.75 Å². The number of benzene rings is 1. The molecule has 2 N–H and O–H groups in total. The number of piperazine rings is 1. The van der Waals surface area contributed by atoms with E-state index in [1.54, 1.807) is 0 Å². The number of phenols is 1. The van der Waals surface area contributed by atoms with Crippen LogP contribution in [0.15, 0.2) is 18.2 Å². The maximum Gasteiger partial charge on any atom is 0.261 e. The van der Waals surface area contributed by atoms with Crippen molar-refractivity contribution in [2.45, 2.75) is 37.9 Å². The molecule has 0 saturated carbocycles. The van der Waals surface area contributed by atoms with Gasteiger partial charge in [-0.25, -0.2) is 9.37 Å². The Kier molecular flexibility index (Phi) is 6.05. The van der Waals surface area contributed by atoms with Crippen LogP contribution in [0.2, 0.25) is 5.02 Å². The Labute approximate surface area is 209 Å². The lowest BCUT2D eigenvalue weighted by Crippen LogP contribution is -2.55. The second kappa shape index (κ2) is 8.80. The average Bonchev–Trinajstić information content (AvgIpc) is 3.04. The van der Waals surface area contributed by atoms with Crippen LogP contribution in [0.3, 0.4) is 0 Å². The minimum absolute atomic E-state index is 0.0199. The Morgan fingerprint density at radius 1 is 1.29 bits per heavy atom. The number of hydrogen-bond donors (Lipinski definition) is 2. The van der Waals surface area contributed by atoms with E-state index in [0.717, 1.165) is 6.42 Å². The average molecular weight is 504 g/mol. The Hall–Kier alpha value is -2.62. The fourth-order valence-corrected chi connectivity index (χ4v) is 6.09. The molecule has 35 heavy (non-hydrogen) atoms. The predicted molar refractivity (Wildman–Crippen MR) is 133 cm³/mol. The maximum atomic E-state index is 15.0. The number of pyridine rings is 1. The normalized spacial score (nSPS) is 23.7. The molecule has 1 amide bonds. The summed E-state index contributed by atoms with van der Waals surface area (Å²) >= 11 is 6.79. The molecule has 2 saturated heterocycles. The molecule has 2 atom stereocenters. The number of amides is 1. The van der Waals surface area contributed by atoms with Gasteiger partial charge in [0.05, 0.1) is 17.1 Å². The zero-order chi connectivity index (χ0) is 25.1. The zero-order valence-corrected chi connectivity index (χ0v) is 21.2. The molecule has 8 nitrogen and oxygen atoms in total. The van der Waals surface area contributed by atoms with E-state index in [2.05, 4.69) is 29.0 Å². The molecule has 5 rings (SSSR count). The van der Waals surface area contributed by atoms with E-state index in [1.807, 2.05) is 19.0 Å². The monoisotopic (exact) mass is 503 g/mol. The van der Waals surface area contributed by atoms with Gasteiger partial charge < -0.3 is 29.9 Å². The number of anilines is 1. The maximum absolute atomic E-state index is 15.0. The first-order valence-corrected chi connectivity index (χ1v) is 12.3. The number of halogens is 2. The standard InChI is InChI=1S/C25H31ClFN5O3/c1-25(2)17(30(3)4)8-10-32(25)23-19-22(35-13-14-12-28-9-11-31(14)24(19)34)20(26)21(29-23)18-15(27)6-5-7-16(18)33/h5-7,14,17,28,33H,8-13H2,1-4H3/t14-,17?/m1/s1. The van der Waals surface area contributed by atoms with Gasteiger partial charge in [-0.1, -0.05) is 17.7 Å². The number of likely N-dealkylation sites (N-methyl/N-ethyl adjacent to an activating group) is 1. The number of carbonyl (C=O) groups excluding carboxylic acids is 1. The number of fused-ring (bicyclic) bond motifs is 2. The number of carbonyl (C=O) groups is 1. The number of rotatable bonds is 3. The Balaban J connectivity index is 1.76. The molecule has 1 aromatic carbocycles. The molecule has 1 unspecified atom stereocenters. The third kappa shape index (κ3) is 3.80. The van der Waals surface area contributed by atoms with Crippen molar-refractivity contribution in [3.8, 4) is 22.8 Å². The Bertz CT molecular complexity index is 1150. The largest absolute Gasteiger partial charge is 0.507 e. The smallest absolute Gasteiger partial charge is 0.261 e. The third-order valence-electron chi connectivity index (χ3n) is 7.57. The van der Waals surface area contributed by atoms with Gasteiger partial charge in [0, 0.05) is 32.2 Å². The molecule has 0 spiro atoms. The number of aromatic nitrogens is 1. The van der Waals surface area contributed by atoms with Gasteiger partial charge in [-0.05, 0) is 46.5 Å². The highest BCUT2D eigenvalue weighted by Gasteiger charge is 2.47. The summed E-state index contributed by atoms with van der Waals surface area (Å²) in [4.78, 5) is 24.9. The van der Waals surface area contributed by atoms with Gasteiger partial charge in [0.1, 0.15) is 40.3 Å². The number of nitrogens with zero attached hydrogens (tertiary/aromatic N) is 4. The first kappa shape index (κ1) is 24.1. The van der Waals surface area contributed by atoms with Crippen LogP contribution in [0.4, 0.5) is 10.2 Å². The summed E-state index contributed by atoms with van der Waals surface area (Å²) in [5, 5.41) is 13.9. The van der Waals surface area contributed by atoms with Crippen molar-refractivity contribution in [3.63, 3.8) is 0 Å². The lowest BCUT2D eigenvalue weighted by atomic mass is 9.94. The Morgan fingerprint density at radius 3 is 2.74 bits per heavy atom. The molecule has 0 bridgehead atoms. The molecule has 0 radical (unpaired) electrons. The van der Waals surface area contributed by atoms with E-state index < -0.39 is 5.82 Å². The lowest BCUT2D eigenvalue weighted by Gasteiger charge is -2.40. The molecular formula is C25H31ClFN5O3. The van der Waals surface area contributed by atoms with Crippen molar-refractivity contribution in [2.75, 3.05) is 51.8 Å². The molecule has 3 aliphatic rings. The topological polar surface area (TPSA) is 81.2 Å². The number of aromatic hydroxyl groups is 1. The van der Waals surface area contributed by atoms with Crippen LogP contribution in [0.25, 0.3) is 11.3 Å². The highest BCUT2D eigenvalue weighted by molar-refractivity contribution is 6.35. The van der Waals surface area contributed by atoms with Crippen LogP contribution >= 0.6 is 11.6 Å². The summed E-state index contributed by atoms with van der Waals surface area (Å²) in [7, 11) is 4.07. The van der Waals surface area contributed by atoms with Crippen molar-refractivity contribution < 1.29 is 19.0 Å². The molecule has 2 fully saturated rings. The van der Waals surface area contributed by atoms with E-state index in [4.69, 9.17) is 21.3 Å². The first-order valence-electron chi connectivity index (χ1n) is 11.9. The second-order valence-corrected chi connectivity index (χ2v) is 10.6. The highest BCUT2D eigenvalue weighted by Crippen LogP contribution is 2.48. The van der Waals surface area contributed by atoms with Gasteiger partial charge in [0.25, 0.3) is 5.91 Å². The van der Waals surface area contributed by atoms with Crippen LogP contribution in [0, 0.1) is 5.82 Å². The summed E-state index contributed by atoms with van der Waals surface area (Å²) < 4.78 is 21.2. The molecule has 4 heterocycles. The minimum atomic E-state index is -0.654. The van der Waals surface area contributed by atoms with E-state index in [9.17, 15) is 14.3 Å². The molecule has 10 heteroatoms. The molecule has 1 aromatic heterocycles. The fourth-order valence-electron chi connectivity index (χ4n) is 5.81. The van der Waals surface area contributed by atoms with Crippen LogP contribution < -0.4 is 15.0 Å².